The van der Waals surface area contributed by atoms with Crippen LogP contribution in [0.5, 0.6) is 11.5 Å². The SMILES string of the molecule is CC(CCc1ccccc1)N(Cc1ccccn1)C(=O)C1COc2ccccc2O1. The first-order valence-corrected chi connectivity index (χ1v) is 10.3. The van der Waals surface area contributed by atoms with Crippen LogP contribution in [0.25, 0.3) is 0 Å². The predicted octanol–water partition coefficient (Wildman–Crippen LogP) is 4.27. The van der Waals surface area contributed by atoms with E-state index in [1.807, 2.05) is 65.6 Å². The molecule has 0 spiro atoms. The highest BCUT2D eigenvalue weighted by Crippen LogP contribution is 2.31. The quantitative estimate of drug-likeness (QED) is 0.592. The number of hydrogen-bond acceptors (Lipinski definition) is 4. The molecule has 0 radical (unpaired) electrons. The zero-order chi connectivity index (χ0) is 20.8. The number of amides is 1. The summed E-state index contributed by atoms with van der Waals surface area (Å²) in [5.74, 6) is 1.21. The standard InChI is InChI=1S/C25H26N2O3/c1-19(14-15-20-9-3-2-4-10-20)27(17-21-11-7-8-16-26-21)25(28)24-18-29-22-12-5-6-13-23(22)30-24/h2-13,16,19,24H,14-15,17-18H2,1H3. The van der Waals surface area contributed by atoms with Crippen molar-refractivity contribution in [1.29, 1.82) is 0 Å². The summed E-state index contributed by atoms with van der Waals surface area (Å²) in [7, 11) is 0. The van der Waals surface area contributed by atoms with Crippen LogP contribution in [0.4, 0.5) is 0 Å². The van der Waals surface area contributed by atoms with Crippen molar-refractivity contribution in [2.24, 2.45) is 0 Å². The Bertz CT molecular complexity index is 962. The second-order valence-electron chi connectivity index (χ2n) is 7.52. The van der Waals surface area contributed by atoms with Crippen LogP contribution < -0.4 is 9.47 Å². The van der Waals surface area contributed by atoms with Crippen molar-refractivity contribution >= 4 is 5.91 Å². The van der Waals surface area contributed by atoms with Crippen LogP contribution in [0.1, 0.15) is 24.6 Å². The molecular formula is C25H26N2O3. The molecule has 0 saturated heterocycles. The third-order valence-corrected chi connectivity index (χ3v) is 5.35. The zero-order valence-corrected chi connectivity index (χ0v) is 17.1. The second-order valence-corrected chi connectivity index (χ2v) is 7.52. The number of aromatic nitrogens is 1. The fourth-order valence-corrected chi connectivity index (χ4v) is 3.62. The van der Waals surface area contributed by atoms with Gasteiger partial charge in [0.05, 0.1) is 12.2 Å². The van der Waals surface area contributed by atoms with Crippen LogP contribution in [0.3, 0.4) is 0 Å². The number of rotatable bonds is 7. The van der Waals surface area contributed by atoms with Crippen molar-refractivity contribution < 1.29 is 14.3 Å². The van der Waals surface area contributed by atoms with Crippen LogP contribution >= 0.6 is 0 Å². The van der Waals surface area contributed by atoms with E-state index < -0.39 is 6.10 Å². The molecule has 5 nitrogen and oxygen atoms in total. The van der Waals surface area contributed by atoms with E-state index in [1.54, 1.807) is 6.20 Å². The maximum Gasteiger partial charge on any atom is 0.267 e. The Balaban J connectivity index is 1.50. The van der Waals surface area contributed by atoms with Gasteiger partial charge in [-0.15, -0.1) is 0 Å². The first kappa shape index (κ1) is 20.0. The van der Waals surface area contributed by atoms with Gasteiger partial charge in [0.2, 0.25) is 6.10 Å². The number of para-hydroxylation sites is 2. The third-order valence-electron chi connectivity index (χ3n) is 5.35. The molecule has 1 aliphatic rings. The van der Waals surface area contributed by atoms with Gasteiger partial charge in [0, 0.05) is 12.2 Å². The van der Waals surface area contributed by atoms with Crippen molar-refractivity contribution in [2.45, 2.75) is 38.5 Å². The number of hydrogen-bond donors (Lipinski definition) is 0. The number of fused-ring (bicyclic) bond motifs is 1. The Morgan fingerprint density at radius 1 is 1.03 bits per heavy atom. The lowest BCUT2D eigenvalue weighted by Crippen LogP contribution is -2.49. The number of carbonyl (C=O) groups excluding carboxylic acids is 1. The molecule has 1 aromatic heterocycles. The van der Waals surface area contributed by atoms with E-state index in [9.17, 15) is 4.79 Å². The molecule has 0 aliphatic carbocycles. The van der Waals surface area contributed by atoms with Crippen LogP contribution in [0, 0.1) is 0 Å². The molecule has 2 atom stereocenters. The van der Waals surface area contributed by atoms with Gasteiger partial charge in [-0.05, 0) is 49.6 Å². The summed E-state index contributed by atoms with van der Waals surface area (Å²) >= 11 is 0. The van der Waals surface area contributed by atoms with Gasteiger partial charge < -0.3 is 14.4 Å². The Morgan fingerprint density at radius 2 is 1.77 bits per heavy atom. The van der Waals surface area contributed by atoms with E-state index in [0.29, 0.717) is 18.0 Å². The third kappa shape index (κ3) is 4.79. The topological polar surface area (TPSA) is 51.7 Å². The van der Waals surface area contributed by atoms with Crippen LogP contribution in [0.15, 0.2) is 79.0 Å². The fourth-order valence-electron chi connectivity index (χ4n) is 3.62. The number of benzene rings is 2. The molecule has 2 unspecified atom stereocenters. The minimum Gasteiger partial charge on any atom is -0.485 e. The average molecular weight is 402 g/mol. The summed E-state index contributed by atoms with van der Waals surface area (Å²) in [5.41, 5.74) is 2.12. The van der Waals surface area contributed by atoms with E-state index in [0.717, 1.165) is 18.5 Å². The average Bonchev–Trinajstić information content (AvgIpc) is 2.81. The molecule has 2 heterocycles. The zero-order valence-electron chi connectivity index (χ0n) is 17.1. The summed E-state index contributed by atoms with van der Waals surface area (Å²) in [6.45, 7) is 2.73. The molecule has 1 amide bonds. The van der Waals surface area contributed by atoms with E-state index in [4.69, 9.17) is 9.47 Å². The molecule has 2 aromatic carbocycles. The van der Waals surface area contributed by atoms with Crippen molar-refractivity contribution in [1.82, 2.24) is 9.88 Å². The molecule has 30 heavy (non-hydrogen) atoms. The Kier molecular flexibility index (Phi) is 6.28. The molecule has 4 rings (SSSR count). The van der Waals surface area contributed by atoms with Gasteiger partial charge in [0.15, 0.2) is 11.5 Å². The minimum atomic E-state index is -0.664. The Labute approximate surface area is 177 Å². The van der Waals surface area contributed by atoms with Crippen molar-refractivity contribution in [3.8, 4) is 11.5 Å². The Morgan fingerprint density at radius 3 is 2.53 bits per heavy atom. The van der Waals surface area contributed by atoms with Crippen LogP contribution in [-0.2, 0) is 17.8 Å². The van der Waals surface area contributed by atoms with Crippen molar-refractivity contribution in [3.63, 3.8) is 0 Å². The van der Waals surface area contributed by atoms with E-state index in [2.05, 4.69) is 24.0 Å². The second kappa shape index (κ2) is 9.44. The monoisotopic (exact) mass is 402 g/mol. The molecule has 3 aromatic rings. The molecule has 154 valence electrons. The first-order valence-electron chi connectivity index (χ1n) is 10.3. The Hall–Kier alpha value is -3.34. The summed E-state index contributed by atoms with van der Waals surface area (Å²) < 4.78 is 11.8. The summed E-state index contributed by atoms with van der Waals surface area (Å²) in [6, 6.07) is 23.6. The van der Waals surface area contributed by atoms with Gasteiger partial charge in [-0.2, -0.15) is 0 Å². The number of carbonyl (C=O) groups is 1. The summed E-state index contributed by atoms with van der Waals surface area (Å²) in [5, 5.41) is 0. The summed E-state index contributed by atoms with van der Waals surface area (Å²) in [4.78, 5) is 19.7. The molecule has 0 fully saturated rings. The van der Waals surface area contributed by atoms with Crippen molar-refractivity contribution in [3.05, 3.63) is 90.3 Å². The van der Waals surface area contributed by atoms with Gasteiger partial charge in [-0.1, -0.05) is 48.5 Å². The van der Waals surface area contributed by atoms with E-state index in [-0.39, 0.29) is 18.6 Å². The van der Waals surface area contributed by atoms with Crippen molar-refractivity contribution in [2.75, 3.05) is 6.61 Å². The maximum absolute atomic E-state index is 13.5. The smallest absolute Gasteiger partial charge is 0.267 e. The lowest BCUT2D eigenvalue weighted by atomic mass is 10.0. The molecule has 0 saturated carbocycles. The lowest BCUT2D eigenvalue weighted by molar-refractivity contribution is -0.144. The summed E-state index contributed by atoms with van der Waals surface area (Å²) in [6.07, 6.45) is 2.84. The number of aryl methyl sites for hydroxylation is 1. The maximum atomic E-state index is 13.5. The van der Waals surface area contributed by atoms with Gasteiger partial charge >= 0.3 is 0 Å². The molecular weight excluding hydrogens is 376 g/mol. The highest BCUT2D eigenvalue weighted by atomic mass is 16.6. The van der Waals surface area contributed by atoms with E-state index in [1.165, 1.54) is 5.56 Å². The number of ether oxygens (including phenoxy) is 2. The normalized spacial score (nSPS) is 16.0. The highest BCUT2D eigenvalue weighted by Gasteiger charge is 2.33. The number of pyridine rings is 1. The van der Waals surface area contributed by atoms with Crippen LogP contribution in [0.2, 0.25) is 0 Å². The highest BCUT2D eigenvalue weighted by molar-refractivity contribution is 5.82. The van der Waals surface area contributed by atoms with Gasteiger partial charge in [0.25, 0.3) is 5.91 Å². The lowest BCUT2D eigenvalue weighted by Gasteiger charge is -2.34. The molecule has 5 heteroatoms. The first-order chi connectivity index (χ1) is 14.7. The van der Waals surface area contributed by atoms with Gasteiger partial charge in [0.1, 0.15) is 6.61 Å². The molecule has 0 bridgehead atoms. The van der Waals surface area contributed by atoms with Gasteiger partial charge in [-0.25, -0.2) is 0 Å². The predicted molar refractivity (Wildman–Crippen MR) is 115 cm³/mol. The molecule has 1 aliphatic heterocycles. The van der Waals surface area contributed by atoms with Gasteiger partial charge in [-0.3, -0.25) is 9.78 Å². The number of nitrogens with zero attached hydrogens (tertiary/aromatic N) is 2. The largest absolute Gasteiger partial charge is 0.485 e. The minimum absolute atomic E-state index is 0.0282. The fraction of sp³-hybridized carbons (Fsp3) is 0.280. The molecule has 0 N–H and O–H groups in total. The van der Waals surface area contributed by atoms with Crippen LogP contribution in [-0.4, -0.2) is 34.5 Å². The van der Waals surface area contributed by atoms with E-state index >= 15 is 0 Å².